The SMILES string of the molecule is NC(=O)C1CCCN(C(=O)N(CC(=O)O)CC(=O)O)C1. The van der Waals surface area contributed by atoms with E-state index in [1.165, 1.54) is 4.90 Å². The molecule has 0 saturated carbocycles. The Bertz CT molecular complexity index is 408. The normalized spacial score (nSPS) is 18.4. The van der Waals surface area contributed by atoms with E-state index in [2.05, 4.69) is 0 Å². The van der Waals surface area contributed by atoms with Crippen LogP contribution >= 0.6 is 0 Å². The van der Waals surface area contributed by atoms with Crippen molar-refractivity contribution < 1.29 is 29.4 Å². The van der Waals surface area contributed by atoms with Crippen LogP contribution in [0, 0.1) is 5.92 Å². The van der Waals surface area contributed by atoms with Crippen LogP contribution in [0.1, 0.15) is 12.8 Å². The van der Waals surface area contributed by atoms with Crippen LogP contribution in [-0.2, 0) is 14.4 Å². The summed E-state index contributed by atoms with van der Waals surface area (Å²) in [6.07, 6.45) is 1.13. The lowest BCUT2D eigenvalue weighted by molar-refractivity contribution is -0.141. The van der Waals surface area contributed by atoms with Crippen molar-refractivity contribution in [3.05, 3.63) is 0 Å². The highest BCUT2D eigenvalue weighted by atomic mass is 16.4. The summed E-state index contributed by atoms with van der Waals surface area (Å²) in [5, 5.41) is 17.4. The fourth-order valence-corrected chi connectivity index (χ4v) is 2.10. The van der Waals surface area contributed by atoms with Gasteiger partial charge in [0.2, 0.25) is 5.91 Å². The van der Waals surface area contributed by atoms with Crippen LogP contribution in [0.2, 0.25) is 0 Å². The molecule has 0 radical (unpaired) electrons. The second-order valence-electron chi connectivity index (χ2n) is 4.61. The van der Waals surface area contributed by atoms with Crippen molar-refractivity contribution in [2.75, 3.05) is 26.2 Å². The highest BCUT2D eigenvalue weighted by Gasteiger charge is 2.31. The molecule has 1 rings (SSSR count). The van der Waals surface area contributed by atoms with Gasteiger partial charge in [-0.05, 0) is 12.8 Å². The summed E-state index contributed by atoms with van der Waals surface area (Å²) in [6, 6.07) is -0.708. The number of rotatable bonds is 5. The van der Waals surface area contributed by atoms with Crippen molar-refractivity contribution in [3.8, 4) is 0 Å². The fourth-order valence-electron chi connectivity index (χ4n) is 2.10. The zero-order valence-corrected chi connectivity index (χ0v) is 10.8. The lowest BCUT2D eigenvalue weighted by Crippen LogP contribution is -2.51. The number of hydrogen-bond donors (Lipinski definition) is 3. The van der Waals surface area contributed by atoms with E-state index in [1.807, 2.05) is 0 Å². The minimum absolute atomic E-state index is 0.0872. The van der Waals surface area contributed by atoms with Crippen LogP contribution in [0.25, 0.3) is 0 Å². The van der Waals surface area contributed by atoms with Gasteiger partial charge in [-0.15, -0.1) is 0 Å². The molecule has 1 atom stereocenters. The lowest BCUT2D eigenvalue weighted by atomic mass is 9.98. The Hall–Kier alpha value is -2.32. The van der Waals surface area contributed by atoms with Gasteiger partial charge in [0.05, 0.1) is 5.92 Å². The molecular weight excluding hydrogens is 270 g/mol. The molecule has 0 aromatic rings. The summed E-state index contributed by atoms with van der Waals surface area (Å²) in [4.78, 5) is 46.6. The van der Waals surface area contributed by atoms with Gasteiger partial charge >= 0.3 is 18.0 Å². The van der Waals surface area contributed by atoms with Gasteiger partial charge in [0, 0.05) is 13.1 Å². The molecule has 0 aliphatic carbocycles. The summed E-state index contributed by atoms with van der Waals surface area (Å²) >= 11 is 0. The van der Waals surface area contributed by atoms with Crippen molar-refractivity contribution >= 4 is 23.9 Å². The first-order valence-corrected chi connectivity index (χ1v) is 6.08. The number of aliphatic carboxylic acids is 2. The van der Waals surface area contributed by atoms with Gasteiger partial charge in [0.25, 0.3) is 0 Å². The molecule has 0 aromatic heterocycles. The number of likely N-dealkylation sites (tertiary alicyclic amines) is 1. The summed E-state index contributed by atoms with van der Waals surface area (Å²) < 4.78 is 0. The summed E-state index contributed by atoms with van der Waals surface area (Å²) in [5.41, 5.74) is 5.19. The number of nitrogens with zero attached hydrogens (tertiary/aromatic N) is 2. The molecule has 1 aliphatic heterocycles. The van der Waals surface area contributed by atoms with Crippen LogP contribution in [0.3, 0.4) is 0 Å². The maximum Gasteiger partial charge on any atom is 0.323 e. The molecule has 4 N–H and O–H groups in total. The number of carbonyl (C=O) groups is 4. The number of nitrogens with two attached hydrogens (primary N) is 1. The van der Waals surface area contributed by atoms with E-state index < -0.39 is 42.9 Å². The molecule has 1 saturated heterocycles. The molecule has 1 heterocycles. The average Bonchev–Trinajstić information content (AvgIpc) is 2.36. The second kappa shape index (κ2) is 6.73. The minimum atomic E-state index is -1.30. The molecule has 3 amide bonds. The highest BCUT2D eigenvalue weighted by Crippen LogP contribution is 2.17. The standard InChI is InChI=1S/C11H17N3O6/c12-10(19)7-2-1-3-13(4-7)11(20)14(5-8(15)16)6-9(17)18/h7H,1-6H2,(H2,12,19)(H,15,16)(H,17,18). The topological polar surface area (TPSA) is 141 Å². The molecular formula is C11H17N3O6. The third-order valence-corrected chi connectivity index (χ3v) is 3.02. The van der Waals surface area contributed by atoms with Gasteiger partial charge in [-0.3, -0.25) is 14.4 Å². The smallest absolute Gasteiger partial charge is 0.323 e. The Kier molecular flexibility index (Phi) is 5.30. The van der Waals surface area contributed by atoms with Crippen molar-refractivity contribution in [2.24, 2.45) is 11.7 Å². The fraction of sp³-hybridized carbons (Fsp3) is 0.636. The number of piperidine rings is 1. The van der Waals surface area contributed by atoms with Crippen molar-refractivity contribution in [1.82, 2.24) is 9.80 Å². The Morgan fingerprint density at radius 3 is 2.15 bits per heavy atom. The first-order valence-electron chi connectivity index (χ1n) is 6.08. The van der Waals surface area contributed by atoms with E-state index >= 15 is 0 Å². The maximum atomic E-state index is 12.1. The zero-order chi connectivity index (χ0) is 15.3. The summed E-state index contributed by atoms with van der Waals surface area (Å²) in [6.45, 7) is -0.978. The summed E-state index contributed by atoms with van der Waals surface area (Å²) in [5.74, 6) is -3.61. The van der Waals surface area contributed by atoms with E-state index in [1.54, 1.807) is 0 Å². The van der Waals surface area contributed by atoms with Crippen molar-refractivity contribution in [3.63, 3.8) is 0 Å². The van der Waals surface area contributed by atoms with E-state index in [4.69, 9.17) is 15.9 Å². The van der Waals surface area contributed by atoms with Gasteiger partial charge in [-0.25, -0.2) is 4.79 Å². The zero-order valence-electron chi connectivity index (χ0n) is 10.8. The molecule has 9 nitrogen and oxygen atoms in total. The Morgan fingerprint density at radius 1 is 1.15 bits per heavy atom. The van der Waals surface area contributed by atoms with E-state index in [9.17, 15) is 19.2 Å². The minimum Gasteiger partial charge on any atom is -0.480 e. The predicted octanol–water partition coefficient (Wildman–Crippen LogP) is -1.23. The Morgan fingerprint density at radius 2 is 1.70 bits per heavy atom. The van der Waals surface area contributed by atoms with Gasteiger partial charge in [0.1, 0.15) is 13.1 Å². The molecule has 20 heavy (non-hydrogen) atoms. The number of urea groups is 1. The lowest BCUT2D eigenvalue weighted by Gasteiger charge is -2.34. The van der Waals surface area contributed by atoms with Crippen LogP contribution in [-0.4, -0.2) is 70.1 Å². The Balaban J connectivity index is 2.74. The second-order valence-corrected chi connectivity index (χ2v) is 4.61. The molecule has 1 unspecified atom stereocenters. The van der Waals surface area contributed by atoms with Gasteiger partial charge in [-0.2, -0.15) is 0 Å². The molecule has 1 fully saturated rings. The number of primary amides is 1. The number of carboxylic acid groups (broad SMARTS) is 2. The molecule has 0 bridgehead atoms. The average molecular weight is 287 g/mol. The first kappa shape index (κ1) is 15.7. The van der Waals surface area contributed by atoms with Gasteiger partial charge in [0.15, 0.2) is 0 Å². The number of carbonyl (C=O) groups excluding carboxylic acids is 2. The third-order valence-electron chi connectivity index (χ3n) is 3.02. The van der Waals surface area contributed by atoms with Crippen LogP contribution < -0.4 is 5.73 Å². The molecule has 0 aromatic carbocycles. The number of amides is 3. The van der Waals surface area contributed by atoms with E-state index in [0.717, 1.165) is 0 Å². The first-order chi connectivity index (χ1) is 9.31. The van der Waals surface area contributed by atoms with Crippen LogP contribution in [0.5, 0.6) is 0 Å². The molecule has 0 spiro atoms. The number of hydrogen-bond acceptors (Lipinski definition) is 4. The van der Waals surface area contributed by atoms with E-state index in [-0.39, 0.29) is 6.54 Å². The third kappa shape index (κ3) is 4.41. The summed E-state index contributed by atoms with van der Waals surface area (Å²) in [7, 11) is 0. The van der Waals surface area contributed by atoms with Gasteiger partial charge < -0.3 is 25.7 Å². The molecule has 1 aliphatic rings. The molecule has 9 heteroatoms. The Labute approximate surface area is 114 Å². The van der Waals surface area contributed by atoms with Crippen LogP contribution in [0.4, 0.5) is 4.79 Å². The van der Waals surface area contributed by atoms with Gasteiger partial charge in [-0.1, -0.05) is 0 Å². The monoisotopic (exact) mass is 287 g/mol. The van der Waals surface area contributed by atoms with E-state index in [0.29, 0.717) is 24.3 Å². The quantitative estimate of drug-likeness (QED) is 0.578. The highest BCUT2D eigenvalue weighted by molar-refractivity contribution is 5.85. The van der Waals surface area contributed by atoms with Crippen molar-refractivity contribution in [1.29, 1.82) is 0 Å². The number of carboxylic acids is 2. The molecule has 112 valence electrons. The van der Waals surface area contributed by atoms with Crippen molar-refractivity contribution in [2.45, 2.75) is 12.8 Å². The predicted molar refractivity (Wildman–Crippen MR) is 65.7 cm³/mol. The largest absolute Gasteiger partial charge is 0.480 e. The maximum absolute atomic E-state index is 12.1. The van der Waals surface area contributed by atoms with Crippen LogP contribution in [0.15, 0.2) is 0 Å².